The van der Waals surface area contributed by atoms with Gasteiger partial charge in [-0.2, -0.15) is 0 Å². The van der Waals surface area contributed by atoms with Crippen LogP contribution in [0, 0.1) is 11.8 Å². The molecule has 2 fully saturated rings. The Labute approximate surface area is 81.5 Å². The van der Waals surface area contributed by atoms with Gasteiger partial charge in [-0.05, 0) is 31.1 Å². The molecule has 0 radical (unpaired) electrons. The van der Waals surface area contributed by atoms with Crippen molar-refractivity contribution < 1.29 is 5.11 Å². The summed E-state index contributed by atoms with van der Waals surface area (Å²) in [5.41, 5.74) is 0. The lowest BCUT2D eigenvalue weighted by Gasteiger charge is -2.17. The minimum atomic E-state index is 0.0289. The van der Waals surface area contributed by atoms with Crippen LogP contribution in [0.1, 0.15) is 57.8 Å². The van der Waals surface area contributed by atoms with E-state index in [0.29, 0.717) is 5.92 Å². The highest BCUT2D eigenvalue weighted by Crippen LogP contribution is 2.35. The van der Waals surface area contributed by atoms with Crippen molar-refractivity contribution in [2.24, 2.45) is 11.8 Å². The predicted molar refractivity (Wildman–Crippen MR) is 54.5 cm³/mol. The highest BCUT2D eigenvalue weighted by Gasteiger charge is 2.24. The van der Waals surface area contributed by atoms with Crippen LogP contribution in [0.4, 0.5) is 0 Å². The Hall–Kier alpha value is -0.0400. The van der Waals surface area contributed by atoms with Gasteiger partial charge >= 0.3 is 0 Å². The summed E-state index contributed by atoms with van der Waals surface area (Å²) in [6, 6.07) is 0. The van der Waals surface area contributed by atoms with Crippen LogP contribution in [0.15, 0.2) is 0 Å². The van der Waals surface area contributed by atoms with Crippen molar-refractivity contribution >= 4 is 0 Å². The van der Waals surface area contributed by atoms with E-state index in [0.717, 1.165) is 12.3 Å². The van der Waals surface area contributed by atoms with Crippen molar-refractivity contribution in [3.8, 4) is 0 Å². The molecule has 0 aromatic rings. The molecule has 0 saturated heterocycles. The molecule has 1 N–H and O–H groups in total. The average molecular weight is 182 g/mol. The molecule has 0 aromatic heterocycles. The van der Waals surface area contributed by atoms with Gasteiger partial charge in [0.25, 0.3) is 0 Å². The molecular weight excluding hydrogens is 160 g/mol. The monoisotopic (exact) mass is 182 g/mol. The zero-order valence-corrected chi connectivity index (χ0v) is 8.54. The van der Waals surface area contributed by atoms with E-state index >= 15 is 0 Å². The molecule has 0 heterocycles. The predicted octanol–water partition coefficient (Wildman–Crippen LogP) is 3.12. The van der Waals surface area contributed by atoms with Crippen molar-refractivity contribution in [3.05, 3.63) is 0 Å². The van der Waals surface area contributed by atoms with Crippen LogP contribution in [0.5, 0.6) is 0 Å². The number of rotatable bonds is 5. The third kappa shape index (κ3) is 2.98. The maximum absolute atomic E-state index is 9.88. The molecule has 2 aliphatic carbocycles. The van der Waals surface area contributed by atoms with E-state index < -0.39 is 0 Å². The summed E-state index contributed by atoms with van der Waals surface area (Å²) in [5, 5.41) is 9.88. The highest BCUT2D eigenvalue weighted by molar-refractivity contribution is 4.77. The highest BCUT2D eigenvalue weighted by atomic mass is 16.3. The third-order valence-corrected chi connectivity index (χ3v) is 3.75. The molecule has 1 nitrogen and oxygen atoms in total. The van der Waals surface area contributed by atoms with Crippen molar-refractivity contribution in [2.75, 3.05) is 0 Å². The summed E-state index contributed by atoms with van der Waals surface area (Å²) in [4.78, 5) is 0. The zero-order chi connectivity index (χ0) is 9.10. The maximum Gasteiger partial charge on any atom is 0.0568 e. The molecule has 13 heavy (non-hydrogen) atoms. The quantitative estimate of drug-likeness (QED) is 0.692. The van der Waals surface area contributed by atoms with Crippen molar-refractivity contribution in [2.45, 2.75) is 63.9 Å². The van der Waals surface area contributed by atoms with Crippen LogP contribution in [-0.2, 0) is 0 Å². The van der Waals surface area contributed by atoms with Crippen LogP contribution >= 0.6 is 0 Å². The molecule has 1 heteroatoms. The molecule has 0 amide bonds. The Kier molecular flexibility index (Phi) is 3.26. The fraction of sp³-hybridized carbons (Fsp3) is 1.00. The van der Waals surface area contributed by atoms with E-state index in [2.05, 4.69) is 0 Å². The van der Waals surface area contributed by atoms with Gasteiger partial charge in [0.15, 0.2) is 0 Å². The van der Waals surface area contributed by atoms with E-state index in [1.54, 1.807) is 0 Å². The molecule has 0 aliphatic heterocycles. The summed E-state index contributed by atoms with van der Waals surface area (Å²) in [6.45, 7) is 0. The first-order chi connectivity index (χ1) is 6.36. The van der Waals surface area contributed by atoms with Crippen LogP contribution in [0.3, 0.4) is 0 Å². The zero-order valence-electron chi connectivity index (χ0n) is 8.54. The van der Waals surface area contributed by atoms with E-state index in [9.17, 15) is 5.11 Å². The lowest BCUT2D eigenvalue weighted by molar-refractivity contribution is 0.0987. The number of hydrogen-bond donors (Lipinski definition) is 1. The molecule has 2 aliphatic rings. The first-order valence-corrected chi connectivity index (χ1v) is 6.04. The normalized spacial score (nSPS) is 26.5. The second-order valence-corrected chi connectivity index (χ2v) is 4.99. The van der Waals surface area contributed by atoms with Crippen LogP contribution in [0.25, 0.3) is 0 Å². The standard InChI is InChI=1S/C12H22O/c13-12(11-5-1-2-6-11)7-3-4-10-8-9-10/h10-13H,1-9H2. The van der Waals surface area contributed by atoms with Crippen LogP contribution in [0.2, 0.25) is 0 Å². The van der Waals surface area contributed by atoms with Gasteiger partial charge in [-0.25, -0.2) is 0 Å². The first kappa shape index (κ1) is 9.51. The largest absolute Gasteiger partial charge is 0.393 e. The summed E-state index contributed by atoms with van der Waals surface area (Å²) < 4.78 is 0. The van der Waals surface area contributed by atoms with Crippen LogP contribution in [-0.4, -0.2) is 11.2 Å². The minimum Gasteiger partial charge on any atom is -0.393 e. The lowest BCUT2D eigenvalue weighted by atomic mass is 9.96. The molecule has 0 aromatic carbocycles. The van der Waals surface area contributed by atoms with E-state index in [1.807, 2.05) is 0 Å². The van der Waals surface area contributed by atoms with Gasteiger partial charge in [0, 0.05) is 0 Å². The van der Waals surface area contributed by atoms with Gasteiger partial charge in [-0.1, -0.05) is 38.5 Å². The van der Waals surface area contributed by atoms with Crippen LogP contribution < -0.4 is 0 Å². The molecule has 2 saturated carbocycles. The van der Waals surface area contributed by atoms with Gasteiger partial charge < -0.3 is 5.11 Å². The van der Waals surface area contributed by atoms with Gasteiger partial charge in [0.05, 0.1) is 6.10 Å². The van der Waals surface area contributed by atoms with Crippen molar-refractivity contribution in [3.63, 3.8) is 0 Å². The molecular formula is C12H22O. The Morgan fingerprint density at radius 3 is 2.38 bits per heavy atom. The van der Waals surface area contributed by atoms with Gasteiger partial charge in [-0.3, -0.25) is 0 Å². The molecule has 1 atom stereocenters. The molecule has 2 rings (SSSR count). The average Bonchev–Trinajstić information content (AvgIpc) is 2.80. The summed E-state index contributed by atoms with van der Waals surface area (Å²) >= 11 is 0. The topological polar surface area (TPSA) is 20.2 Å². The summed E-state index contributed by atoms with van der Waals surface area (Å²) in [5.74, 6) is 1.69. The first-order valence-electron chi connectivity index (χ1n) is 6.04. The Morgan fingerprint density at radius 1 is 1.08 bits per heavy atom. The number of hydrogen-bond acceptors (Lipinski definition) is 1. The third-order valence-electron chi connectivity index (χ3n) is 3.75. The Bertz CT molecular complexity index is 145. The number of aliphatic hydroxyl groups excluding tert-OH is 1. The Balaban J connectivity index is 1.56. The lowest BCUT2D eigenvalue weighted by Crippen LogP contribution is -2.17. The molecule has 76 valence electrons. The second kappa shape index (κ2) is 4.45. The second-order valence-electron chi connectivity index (χ2n) is 4.99. The molecule has 0 spiro atoms. The summed E-state index contributed by atoms with van der Waals surface area (Å²) in [7, 11) is 0. The van der Waals surface area contributed by atoms with Gasteiger partial charge in [0.1, 0.15) is 0 Å². The van der Waals surface area contributed by atoms with Crippen molar-refractivity contribution in [1.82, 2.24) is 0 Å². The van der Waals surface area contributed by atoms with E-state index in [-0.39, 0.29) is 6.10 Å². The Morgan fingerprint density at radius 2 is 1.77 bits per heavy atom. The van der Waals surface area contributed by atoms with E-state index in [4.69, 9.17) is 0 Å². The number of aliphatic hydroxyl groups is 1. The summed E-state index contributed by atoms with van der Waals surface area (Å²) in [6.07, 6.45) is 11.9. The van der Waals surface area contributed by atoms with Crippen molar-refractivity contribution in [1.29, 1.82) is 0 Å². The minimum absolute atomic E-state index is 0.0289. The maximum atomic E-state index is 9.88. The smallest absolute Gasteiger partial charge is 0.0568 e. The fourth-order valence-corrected chi connectivity index (χ4v) is 2.60. The fourth-order valence-electron chi connectivity index (χ4n) is 2.60. The molecule has 0 bridgehead atoms. The SMILES string of the molecule is OC(CCCC1CC1)C1CCCC1. The molecule has 1 unspecified atom stereocenters. The van der Waals surface area contributed by atoms with E-state index in [1.165, 1.54) is 51.4 Å². The van der Waals surface area contributed by atoms with Gasteiger partial charge in [-0.15, -0.1) is 0 Å². The van der Waals surface area contributed by atoms with Gasteiger partial charge in [0.2, 0.25) is 0 Å².